The van der Waals surface area contributed by atoms with Crippen molar-refractivity contribution in [3.63, 3.8) is 0 Å². The number of benzene rings is 2. The molecule has 2 aromatic carbocycles. The fourth-order valence-corrected chi connectivity index (χ4v) is 2.42. The Morgan fingerprint density at radius 2 is 1.59 bits per heavy atom. The van der Waals surface area contributed by atoms with Gasteiger partial charge in [0.1, 0.15) is 28.4 Å². The van der Waals surface area contributed by atoms with Gasteiger partial charge in [-0.15, -0.1) is 0 Å². The highest BCUT2D eigenvalue weighted by molar-refractivity contribution is 5.96. The summed E-state index contributed by atoms with van der Waals surface area (Å²) in [4.78, 5) is 35.4. The molecule has 0 saturated carbocycles. The normalized spacial score (nSPS) is 10.4. The highest BCUT2D eigenvalue weighted by Gasteiger charge is 2.14. The van der Waals surface area contributed by atoms with E-state index in [1.165, 1.54) is 44.6 Å². The van der Waals surface area contributed by atoms with E-state index in [2.05, 4.69) is 0 Å². The lowest BCUT2D eigenvalue weighted by molar-refractivity contribution is 0.0734. The summed E-state index contributed by atoms with van der Waals surface area (Å²) in [5.41, 5.74) is 4.38. The molecular weight excluding hydrogens is 354 g/mol. The molecule has 0 aliphatic heterocycles. The quantitative estimate of drug-likeness (QED) is 0.416. The van der Waals surface area contributed by atoms with Gasteiger partial charge in [0.25, 0.3) is 5.91 Å². The van der Waals surface area contributed by atoms with Crippen molar-refractivity contribution in [1.82, 2.24) is 0 Å². The molecule has 1 amide bonds. The van der Waals surface area contributed by atoms with Crippen LogP contribution >= 0.6 is 0 Å². The molecule has 0 spiro atoms. The SMILES string of the molecule is COc1cc(OC)cc(C(=O)Oc2ccc3cc(C(N)=O)c(=O)oc3c2)c1. The third kappa shape index (κ3) is 3.74. The molecule has 27 heavy (non-hydrogen) atoms. The summed E-state index contributed by atoms with van der Waals surface area (Å²) in [6.45, 7) is 0. The minimum atomic E-state index is -0.881. The van der Waals surface area contributed by atoms with Crippen LogP contribution in [0.15, 0.2) is 51.7 Å². The van der Waals surface area contributed by atoms with Gasteiger partial charge in [0.15, 0.2) is 0 Å². The van der Waals surface area contributed by atoms with E-state index in [0.717, 1.165) is 0 Å². The Bertz CT molecular complexity index is 1080. The Labute approximate surface area is 153 Å². The van der Waals surface area contributed by atoms with Crippen molar-refractivity contribution >= 4 is 22.8 Å². The summed E-state index contributed by atoms with van der Waals surface area (Å²) >= 11 is 0. The molecule has 0 radical (unpaired) electrons. The van der Waals surface area contributed by atoms with Crippen molar-refractivity contribution in [2.45, 2.75) is 0 Å². The van der Waals surface area contributed by atoms with E-state index in [-0.39, 0.29) is 22.5 Å². The molecule has 0 bridgehead atoms. The number of methoxy groups -OCH3 is 2. The zero-order chi connectivity index (χ0) is 19.6. The number of nitrogens with two attached hydrogens (primary N) is 1. The molecule has 2 N–H and O–H groups in total. The second-order valence-corrected chi connectivity index (χ2v) is 5.50. The van der Waals surface area contributed by atoms with Gasteiger partial charge in [-0.05, 0) is 30.3 Å². The summed E-state index contributed by atoms with van der Waals surface area (Å²) in [7, 11) is 2.94. The van der Waals surface area contributed by atoms with Crippen molar-refractivity contribution in [2.75, 3.05) is 14.2 Å². The molecule has 1 aromatic heterocycles. The molecule has 3 aromatic rings. The number of carbonyl (C=O) groups excluding carboxylic acids is 2. The zero-order valence-corrected chi connectivity index (χ0v) is 14.5. The minimum Gasteiger partial charge on any atom is -0.497 e. The van der Waals surface area contributed by atoms with Gasteiger partial charge in [-0.1, -0.05) is 0 Å². The molecule has 0 atom stereocenters. The summed E-state index contributed by atoms with van der Waals surface area (Å²) < 4.78 is 20.6. The van der Waals surface area contributed by atoms with E-state index in [4.69, 9.17) is 24.4 Å². The fourth-order valence-electron chi connectivity index (χ4n) is 2.42. The lowest BCUT2D eigenvalue weighted by Crippen LogP contribution is -2.20. The number of esters is 1. The molecule has 0 saturated heterocycles. The first-order valence-electron chi connectivity index (χ1n) is 7.74. The number of amides is 1. The summed E-state index contributed by atoms with van der Waals surface area (Å²) in [5, 5.41) is 0.464. The smallest absolute Gasteiger partial charge is 0.349 e. The second kappa shape index (κ2) is 7.20. The highest BCUT2D eigenvalue weighted by atomic mass is 16.5. The maximum atomic E-state index is 12.4. The number of primary amides is 1. The zero-order valence-electron chi connectivity index (χ0n) is 14.5. The standard InChI is InChI=1S/C19H15NO7/c1-24-13-5-11(6-14(8-13)25-2)18(22)26-12-4-3-10-7-15(17(20)21)19(23)27-16(10)9-12/h3-9H,1-2H3,(H2,20,21). The van der Waals surface area contributed by atoms with Crippen LogP contribution in [0.5, 0.6) is 17.2 Å². The number of hydrogen-bond acceptors (Lipinski definition) is 7. The molecule has 138 valence electrons. The number of ether oxygens (including phenoxy) is 3. The molecule has 8 heteroatoms. The Kier molecular flexibility index (Phi) is 4.80. The average Bonchev–Trinajstić information content (AvgIpc) is 2.66. The largest absolute Gasteiger partial charge is 0.497 e. The average molecular weight is 369 g/mol. The van der Waals surface area contributed by atoms with E-state index < -0.39 is 17.5 Å². The Hall–Kier alpha value is -3.81. The van der Waals surface area contributed by atoms with Gasteiger partial charge in [-0.3, -0.25) is 4.79 Å². The Morgan fingerprint density at radius 3 is 2.19 bits per heavy atom. The van der Waals surface area contributed by atoms with Crippen LogP contribution in [0.4, 0.5) is 0 Å². The highest BCUT2D eigenvalue weighted by Crippen LogP contribution is 2.25. The van der Waals surface area contributed by atoms with E-state index in [1.54, 1.807) is 12.1 Å². The third-order valence-corrected chi connectivity index (χ3v) is 3.77. The van der Waals surface area contributed by atoms with E-state index in [9.17, 15) is 14.4 Å². The van der Waals surface area contributed by atoms with Crippen molar-refractivity contribution in [1.29, 1.82) is 0 Å². The lowest BCUT2D eigenvalue weighted by atomic mass is 10.1. The van der Waals surface area contributed by atoms with Crippen LogP contribution in [-0.2, 0) is 0 Å². The predicted octanol–water partition coefficient (Wildman–Crippen LogP) is 2.13. The number of carbonyl (C=O) groups is 2. The van der Waals surface area contributed by atoms with Gasteiger partial charge in [0.2, 0.25) is 0 Å². The molecule has 3 rings (SSSR count). The predicted molar refractivity (Wildman–Crippen MR) is 95.5 cm³/mol. The molecule has 0 aliphatic carbocycles. The number of hydrogen-bond donors (Lipinski definition) is 1. The van der Waals surface area contributed by atoms with Crippen LogP contribution in [0.3, 0.4) is 0 Å². The van der Waals surface area contributed by atoms with Crippen molar-refractivity contribution in [3.05, 3.63) is 64.0 Å². The van der Waals surface area contributed by atoms with Gasteiger partial charge in [-0.2, -0.15) is 0 Å². The maximum absolute atomic E-state index is 12.4. The van der Waals surface area contributed by atoms with Crippen LogP contribution in [0, 0.1) is 0 Å². The van der Waals surface area contributed by atoms with Crippen molar-refractivity contribution in [2.24, 2.45) is 5.73 Å². The first-order valence-corrected chi connectivity index (χ1v) is 7.74. The third-order valence-electron chi connectivity index (χ3n) is 3.77. The number of rotatable bonds is 5. The Balaban J connectivity index is 1.92. The Morgan fingerprint density at radius 1 is 0.926 bits per heavy atom. The summed E-state index contributed by atoms with van der Waals surface area (Å²) in [5.74, 6) is -0.505. The summed E-state index contributed by atoms with van der Waals surface area (Å²) in [6, 6.07) is 10.4. The topological polar surface area (TPSA) is 118 Å². The van der Waals surface area contributed by atoms with Gasteiger partial charge >= 0.3 is 11.6 Å². The van der Waals surface area contributed by atoms with Crippen LogP contribution in [0.2, 0.25) is 0 Å². The van der Waals surface area contributed by atoms with E-state index in [1.807, 2.05) is 0 Å². The van der Waals surface area contributed by atoms with Crippen LogP contribution in [0.1, 0.15) is 20.7 Å². The van der Waals surface area contributed by atoms with Gasteiger partial charge in [-0.25, -0.2) is 9.59 Å². The van der Waals surface area contributed by atoms with Crippen molar-refractivity contribution in [3.8, 4) is 17.2 Å². The fraction of sp³-hybridized carbons (Fsp3) is 0.105. The lowest BCUT2D eigenvalue weighted by Gasteiger charge is -2.09. The van der Waals surface area contributed by atoms with Crippen LogP contribution < -0.4 is 25.6 Å². The minimum absolute atomic E-state index is 0.151. The molecule has 8 nitrogen and oxygen atoms in total. The summed E-state index contributed by atoms with van der Waals surface area (Å²) in [6.07, 6.45) is 0. The molecule has 0 unspecified atom stereocenters. The van der Waals surface area contributed by atoms with Crippen LogP contribution in [0.25, 0.3) is 11.0 Å². The van der Waals surface area contributed by atoms with E-state index >= 15 is 0 Å². The molecule has 1 heterocycles. The maximum Gasteiger partial charge on any atom is 0.349 e. The van der Waals surface area contributed by atoms with Gasteiger partial charge in [0, 0.05) is 17.5 Å². The first kappa shape index (κ1) is 18.0. The molecular formula is C19H15NO7. The van der Waals surface area contributed by atoms with E-state index in [0.29, 0.717) is 16.9 Å². The first-order chi connectivity index (χ1) is 12.9. The van der Waals surface area contributed by atoms with Gasteiger partial charge in [0.05, 0.1) is 19.8 Å². The molecule has 0 fully saturated rings. The second-order valence-electron chi connectivity index (χ2n) is 5.50. The van der Waals surface area contributed by atoms with Crippen LogP contribution in [-0.4, -0.2) is 26.1 Å². The number of fused-ring (bicyclic) bond motifs is 1. The van der Waals surface area contributed by atoms with Gasteiger partial charge < -0.3 is 24.4 Å². The molecule has 0 aliphatic rings. The monoisotopic (exact) mass is 369 g/mol. The van der Waals surface area contributed by atoms with Crippen molar-refractivity contribution < 1.29 is 28.2 Å².